The molecule has 2 N–H and O–H groups in total. The van der Waals surface area contributed by atoms with Crippen LogP contribution in [0.2, 0.25) is 0 Å². The monoisotopic (exact) mass is 473 g/mol. The Labute approximate surface area is 202 Å². The summed E-state index contributed by atoms with van der Waals surface area (Å²) in [7, 11) is 3.78. The normalized spacial score (nSPS) is 16.9. The van der Waals surface area contributed by atoms with E-state index in [4.69, 9.17) is 0 Å². The number of amides is 2. The van der Waals surface area contributed by atoms with E-state index in [1.165, 1.54) is 36.1 Å². The van der Waals surface area contributed by atoms with E-state index in [1.807, 2.05) is 31.1 Å². The summed E-state index contributed by atoms with van der Waals surface area (Å²) >= 11 is 0. The molecule has 1 aliphatic rings. The first-order valence-corrected chi connectivity index (χ1v) is 10.9. The lowest BCUT2D eigenvalue weighted by molar-refractivity contribution is -0.132. The molecule has 1 saturated heterocycles. The van der Waals surface area contributed by atoms with E-state index in [0.29, 0.717) is 16.9 Å². The van der Waals surface area contributed by atoms with Crippen LogP contribution in [0.25, 0.3) is 5.76 Å². The van der Waals surface area contributed by atoms with E-state index < -0.39 is 29.3 Å². The number of nitrogens with zero attached hydrogens (tertiary/aromatic N) is 2. The SMILES string of the molecule is CC(=O)Nc1cccc(N2C(=O)C(=O)/C(=C(/O)c3ccc(F)cc3)C2c2ccc(N(C)C)cc2)c1. The molecule has 1 heterocycles. The van der Waals surface area contributed by atoms with Crippen LogP contribution in [0.5, 0.6) is 0 Å². The zero-order valence-corrected chi connectivity index (χ0v) is 19.4. The van der Waals surface area contributed by atoms with Gasteiger partial charge in [0.25, 0.3) is 11.7 Å². The van der Waals surface area contributed by atoms with Gasteiger partial charge in [0.05, 0.1) is 11.6 Å². The molecule has 2 amide bonds. The Hall–Kier alpha value is -4.46. The molecule has 0 saturated carbocycles. The van der Waals surface area contributed by atoms with E-state index in [1.54, 1.807) is 36.4 Å². The number of halogens is 1. The van der Waals surface area contributed by atoms with Crippen molar-refractivity contribution < 1.29 is 23.9 Å². The number of hydrogen-bond donors (Lipinski definition) is 2. The number of aliphatic hydroxyl groups excluding tert-OH is 1. The van der Waals surface area contributed by atoms with Gasteiger partial charge in [-0.25, -0.2) is 4.39 Å². The molecule has 0 bridgehead atoms. The molecule has 35 heavy (non-hydrogen) atoms. The van der Waals surface area contributed by atoms with Gasteiger partial charge in [0, 0.05) is 43.6 Å². The van der Waals surface area contributed by atoms with Gasteiger partial charge in [0.15, 0.2) is 0 Å². The third-order valence-electron chi connectivity index (χ3n) is 5.73. The Morgan fingerprint density at radius 3 is 2.26 bits per heavy atom. The largest absolute Gasteiger partial charge is 0.507 e. The predicted octanol–water partition coefficient (Wildman–Crippen LogP) is 4.48. The number of hydrogen-bond acceptors (Lipinski definition) is 5. The lowest BCUT2D eigenvalue weighted by Crippen LogP contribution is -2.29. The van der Waals surface area contributed by atoms with Gasteiger partial charge in [0.2, 0.25) is 5.91 Å². The van der Waals surface area contributed by atoms with Crippen molar-refractivity contribution in [1.82, 2.24) is 0 Å². The van der Waals surface area contributed by atoms with Crippen molar-refractivity contribution in [1.29, 1.82) is 0 Å². The highest BCUT2D eigenvalue weighted by atomic mass is 19.1. The molecule has 178 valence electrons. The van der Waals surface area contributed by atoms with Crippen molar-refractivity contribution in [2.75, 3.05) is 29.2 Å². The molecule has 0 aromatic heterocycles. The summed E-state index contributed by atoms with van der Waals surface area (Å²) in [4.78, 5) is 41.3. The number of Topliss-reactive ketones (excluding diaryl/α,β-unsaturated/α-hetero) is 1. The van der Waals surface area contributed by atoms with E-state index in [-0.39, 0.29) is 17.0 Å². The van der Waals surface area contributed by atoms with Crippen LogP contribution in [-0.2, 0) is 14.4 Å². The first-order chi connectivity index (χ1) is 16.7. The predicted molar refractivity (Wildman–Crippen MR) is 133 cm³/mol. The number of anilines is 3. The second-order valence-electron chi connectivity index (χ2n) is 8.39. The van der Waals surface area contributed by atoms with Crippen LogP contribution in [0, 0.1) is 5.82 Å². The Balaban J connectivity index is 1.90. The first-order valence-electron chi connectivity index (χ1n) is 10.9. The van der Waals surface area contributed by atoms with Crippen LogP contribution >= 0.6 is 0 Å². The summed E-state index contributed by atoms with van der Waals surface area (Å²) in [6.45, 7) is 1.37. The number of carbonyl (C=O) groups is 3. The minimum Gasteiger partial charge on any atom is -0.507 e. The van der Waals surface area contributed by atoms with Gasteiger partial charge in [-0.2, -0.15) is 0 Å². The highest BCUT2D eigenvalue weighted by molar-refractivity contribution is 6.51. The standard InChI is InChI=1S/C27H24FN3O4/c1-16(32)29-20-5-4-6-22(15-20)31-24(17-9-13-21(14-10-17)30(2)3)23(26(34)27(31)35)25(33)18-7-11-19(28)12-8-18/h4-15,24,33H,1-3H3,(H,29,32)/b25-23+. The van der Waals surface area contributed by atoms with Gasteiger partial charge < -0.3 is 15.3 Å². The van der Waals surface area contributed by atoms with Gasteiger partial charge in [-0.3, -0.25) is 19.3 Å². The van der Waals surface area contributed by atoms with Crippen molar-refractivity contribution in [3.63, 3.8) is 0 Å². The average molecular weight is 474 g/mol. The van der Waals surface area contributed by atoms with Crippen LogP contribution in [0.4, 0.5) is 21.5 Å². The number of rotatable bonds is 5. The molecule has 7 nitrogen and oxygen atoms in total. The second kappa shape index (κ2) is 9.42. The van der Waals surface area contributed by atoms with Crippen LogP contribution < -0.4 is 15.1 Å². The smallest absolute Gasteiger partial charge is 0.300 e. The second-order valence-corrected chi connectivity index (χ2v) is 8.39. The van der Waals surface area contributed by atoms with Crippen molar-refractivity contribution >= 4 is 40.4 Å². The Bertz CT molecular complexity index is 1330. The van der Waals surface area contributed by atoms with Crippen molar-refractivity contribution in [3.05, 3.63) is 95.3 Å². The maximum absolute atomic E-state index is 13.5. The zero-order valence-electron chi connectivity index (χ0n) is 19.4. The molecule has 8 heteroatoms. The minimum atomic E-state index is -0.941. The molecule has 0 aliphatic carbocycles. The van der Waals surface area contributed by atoms with Crippen LogP contribution in [0.1, 0.15) is 24.1 Å². The quantitative estimate of drug-likeness (QED) is 0.324. The number of carbonyl (C=O) groups excluding carboxylic acids is 3. The van der Waals surface area contributed by atoms with Gasteiger partial charge in [-0.1, -0.05) is 18.2 Å². The molecule has 1 atom stereocenters. The summed E-state index contributed by atoms with van der Waals surface area (Å²) < 4.78 is 13.5. The molecule has 0 radical (unpaired) electrons. The zero-order chi connectivity index (χ0) is 25.3. The topological polar surface area (TPSA) is 90.0 Å². The minimum absolute atomic E-state index is 0.107. The van der Waals surface area contributed by atoms with Gasteiger partial charge in [0.1, 0.15) is 11.6 Å². The Morgan fingerprint density at radius 2 is 1.66 bits per heavy atom. The molecular formula is C27H24FN3O4. The van der Waals surface area contributed by atoms with E-state index in [2.05, 4.69) is 5.32 Å². The van der Waals surface area contributed by atoms with E-state index in [9.17, 15) is 23.9 Å². The third kappa shape index (κ3) is 4.63. The maximum Gasteiger partial charge on any atom is 0.300 e. The summed E-state index contributed by atoms with van der Waals surface area (Å²) in [6, 6.07) is 17.9. The lowest BCUT2D eigenvalue weighted by Gasteiger charge is -2.26. The summed E-state index contributed by atoms with van der Waals surface area (Å²) in [5.74, 6) is -2.86. The average Bonchev–Trinajstić information content (AvgIpc) is 3.09. The van der Waals surface area contributed by atoms with Crippen LogP contribution in [-0.4, -0.2) is 36.8 Å². The molecule has 1 fully saturated rings. The summed E-state index contributed by atoms with van der Waals surface area (Å²) in [5, 5.41) is 13.8. The number of ketones is 1. The molecule has 3 aromatic rings. The van der Waals surface area contributed by atoms with E-state index >= 15 is 0 Å². The van der Waals surface area contributed by atoms with Gasteiger partial charge in [-0.05, 0) is 60.2 Å². The third-order valence-corrected chi connectivity index (χ3v) is 5.73. The number of nitrogens with one attached hydrogen (secondary N) is 1. The Morgan fingerprint density at radius 1 is 1.00 bits per heavy atom. The van der Waals surface area contributed by atoms with Gasteiger partial charge >= 0.3 is 0 Å². The molecule has 4 rings (SSSR count). The number of benzene rings is 3. The maximum atomic E-state index is 13.5. The fourth-order valence-electron chi connectivity index (χ4n) is 4.07. The van der Waals surface area contributed by atoms with Crippen LogP contribution in [0.3, 0.4) is 0 Å². The first kappa shape index (κ1) is 23.7. The number of aliphatic hydroxyl groups is 1. The highest BCUT2D eigenvalue weighted by Crippen LogP contribution is 2.43. The molecule has 1 aliphatic heterocycles. The Kier molecular flexibility index (Phi) is 6.38. The molecular weight excluding hydrogens is 449 g/mol. The molecule has 1 unspecified atom stereocenters. The van der Waals surface area contributed by atoms with Crippen molar-refractivity contribution in [2.24, 2.45) is 0 Å². The van der Waals surface area contributed by atoms with Crippen molar-refractivity contribution in [3.8, 4) is 0 Å². The van der Waals surface area contributed by atoms with Gasteiger partial charge in [-0.15, -0.1) is 0 Å². The lowest BCUT2D eigenvalue weighted by atomic mass is 9.95. The van der Waals surface area contributed by atoms with E-state index in [0.717, 1.165) is 5.69 Å². The molecule has 0 spiro atoms. The fraction of sp³-hybridized carbons (Fsp3) is 0.148. The summed E-state index contributed by atoms with van der Waals surface area (Å²) in [5.41, 5.74) is 2.45. The fourth-order valence-corrected chi connectivity index (χ4v) is 4.07. The summed E-state index contributed by atoms with van der Waals surface area (Å²) in [6.07, 6.45) is 0. The highest BCUT2D eigenvalue weighted by Gasteiger charge is 2.47. The van der Waals surface area contributed by atoms with Crippen molar-refractivity contribution in [2.45, 2.75) is 13.0 Å². The molecule has 3 aromatic carbocycles. The van der Waals surface area contributed by atoms with Crippen LogP contribution in [0.15, 0.2) is 78.4 Å².